The van der Waals surface area contributed by atoms with Gasteiger partial charge in [0.15, 0.2) is 11.5 Å². The van der Waals surface area contributed by atoms with Crippen LogP contribution in [0.15, 0.2) is 60.7 Å². The Bertz CT molecular complexity index is 1460. The van der Waals surface area contributed by atoms with E-state index in [1.165, 1.54) is 0 Å². The van der Waals surface area contributed by atoms with Gasteiger partial charge in [0.2, 0.25) is 5.91 Å². The first-order valence-electron chi connectivity index (χ1n) is 15.1. The highest BCUT2D eigenvalue weighted by molar-refractivity contribution is 6.30. The number of methoxy groups -OCH3 is 1. The van der Waals surface area contributed by atoms with Crippen molar-refractivity contribution in [2.45, 2.75) is 96.7 Å². The second-order valence-electron chi connectivity index (χ2n) is 13.7. The fourth-order valence-electron chi connectivity index (χ4n) is 7.01. The molecule has 1 saturated heterocycles. The van der Waals surface area contributed by atoms with Gasteiger partial charge in [-0.15, -0.1) is 0 Å². The minimum absolute atomic E-state index is 0.0109. The van der Waals surface area contributed by atoms with Crippen LogP contribution in [0.25, 0.3) is 0 Å². The van der Waals surface area contributed by atoms with E-state index in [4.69, 9.17) is 25.8 Å². The number of halogens is 1. The summed E-state index contributed by atoms with van der Waals surface area (Å²) in [6, 6.07) is 18.9. The van der Waals surface area contributed by atoms with Crippen LogP contribution in [0.4, 0.5) is 5.69 Å². The molecule has 6 nitrogen and oxygen atoms in total. The van der Waals surface area contributed by atoms with E-state index in [1.807, 2.05) is 86.3 Å². The van der Waals surface area contributed by atoms with Gasteiger partial charge in [0.25, 0.3) is 0 Å². The van der Waals surface area contributed by atoms with Crippen LogP contribution in [-0.4, -0.2) is 35.4 Å². The van der Waals surface area contributed by atoms with Gasteiger partial charge in [0.1, 0.15) is 0 Å². The van der Waals surface area contributed by atoms with Crippen LogP contribution in [0, 0.1) is 5.92 Å². The molecule has 1 unspecified atom stereocenters. The highest BCUT2D eigenvalue weighted by Gasteiger charge is 2.47. The number of fused-ring (bicyclic) bond motifs is 1. The Kier molecular flexibility index (Phi) is 8.36. The number of hydrogen-bond acceptors (Lipinski definition) is 5. The van der Waals surface area contributed by atoms with Crippen molar-refractivity contribution in [1.82, 2.24) is 0 Å². The number of benzene rings is 3. The van der Waals surface area contributed by atoms with E-state index in [-0.39, 0.29) is 35.6 Å². The molecule has 0 aromatic heterocycles. The predicted molar refractivity (Wildman–Crippen MR) is 171 cm³/mol. The monoisotopic (exact) mass is 605 g/mol. The van der Waals surface area contributed by atoms with E-state index in [0.29, 0.717) is 16.5 Å². The van der Waals surface area contributed by atoms with Crippen molar-refractivity contribution in [3.05, 3.63) is 87.9 Å². The van der Waals surface area contributed by atoms with Crippen molar-refractivity contribution in [2.24, 2.45) is 5.92 Å². The summed E-state index contributed by atoms with van der Waals surface area (Å²) in [5.74, 6) is 1.23. The van der Waals surface area contributed by atoms with Crippen LogP contribution in [0.5, 0.6) is 11.5 Å². The number of ether oxygens (including phenoxy) is 3. The largest absolute Gasteiger partial charge is 0.493 e. The number of anilines is 1. The molecule has 2 aliphatic heterocycles. The van der Waals surface area contributed by atoms with Crippen LogP contribution < -0.4 is 14.4 Å². The van der Waals surface area contributed by atoms with Gasteiger partial charge in [-0.1, -0.05) is 35.9 Å². The zero-order chi connectivity index (χ0) is 31.3. The molecular weight excluding hydrogens is 562 g/mol. The van der Waals surface area contributed by atoms with Crippen LogP contribution >= 0.6 is 11.6 Å². The molecule has 3 aromatic carbocycles. The SMILES string of the molecule is COc1cc2c(cc1OC(C)C)C(c1ccc(Cl)cc1)N(c1ccc([C@@](C)(O)C3CC(C)(C)OC(C)(C)C3)cc1)C(=O)C2. The maximum absolute atomic E-state index is 13.9. The average Bonchev–Trinajstić information content (AvgIpc) is 2.91. The third kappa shape index (κ3) is 6.43. The number of hydrogen-bond donors (Lipinski definition) is 1. The molecule has 230 valence electrons. The molecule has 0 aliphatic carbocycles. The van der Waals surface area contributed by atoms with E-state index in [2.05, 4.69) is 27.7 Å². The number of nitrogens with zero attached hydrogens (tertiary/aromatic N) is 1. The summed E-state index contributed by atoms with van der Waals surface area (Å²) in [5, 5.41) is 12.5. The third-order valence-electron chi connectivity index (χ3n) is 8.69. The Hall–Kier alpha value is -3.06. The molecule has 0 spiro atoms. The zero-order valence-electron chi connectivity index (χ0n) is 26.5. The summed E-state index contributed by atoms with van der Waals surface area (Å²) in [4.78, 5) is 15.8. The van der Waals surface area contributed by atoms with Crippen molar-refractivity contribution in [3.8, 4) is 11.5 Å². The van der Waals surface area contributed by atoms with Gasteiger partial charge in [-0.05, 0) is 126 Å². The van der Waals surface area contributed by atoms with Crippen molar-refractivity contribution < 1.29 is 24.1 Å². The lowest BCUT2D eigenvalue weighted by molar-refractivity contribution is -0.201. The van der Waals surface area contributed by atoms with Gasteiger partial charge < -0.3 is 24.2 Å². The summed E-state index contributed by atoms with van der Waals surface area (Å²) >= 11 is 6.27. The third-order valence-corrected chi connectivity index (χ3v) is 8.94. The first-order chi connectivity index (χ1) is 20.1. The molecule has 0 bridgehead atoms. The van der Waals surface area contributed by atoms with Crippen LogP contribution in [-0.2, 0) is 21.6 Å². The summed E-state index contributed by atoms with van der Waals surface area (Å²) in [5.41, 5.74) is 2.64. The number of aliphatic hydroxyl groups is 1. The van der Waals surface area contributed by atoms with Gasteiger partial charge in [0.05, 0.1) is 42.5 Å². The van der Waals surface area contributed by atoms with Crippen molar-refractivity contribution in [1.29, 1.82) is 0 Å². The van der Waals surface area contributed by atoms with Gasteiger partial charge >= 0.3 is 0 Å². The van der Waals surface area contributed by atoms with Crippen molar-refractivity contribution in [2.75, 3.05) is 12.0 Å². The van der Waals surface area contributed by atoms with Crippen LogP contribution in [0.1, 0.15) is 89.6 Å². The molecule has 3 aromatic rings. The van der Waals surface area contributed by atoms with Crippen molar-refractivity contribution in [3.63, 3.8) is 0 Å². The predicted octanol–water partition coefficient (Wildman–Crippen LogP) is 8.01. The molecule has 1 fully saturated rings. The van der Waals surface area contributed by atoms with Crippen LogP contribution in [0.3, 0.4) is 0 Å². The normalized spacial score (nSPS) is 21.3. The Balaban J connectivity index is 1.56. The lowest BCUT2D eigenvalue weighted by Gasteiger charge is -2.49. The molecule has 1 N–H and O–H groups in total. The van der Waals surface area contributed by atoms with E-state index in [1.54, 1.807) is 7.11 Å². The van der Waals surface area contributed by atoms with Gasteiger partial charge in [0, 0.05) is 10.7 Å². The summed E-state index contributed by atoms with van der Waals surface area (Å²) < 4.78 is 18.1. The molecule has 0 radical (unpaired) electrons. The molecule has 5 rings (SSSR count). The molecule has 1 amide bonds. The highest BCUT2D eigenvalue weighted by Crippen LogP contribution is 2.48. The highest BCUT2D eigenvalue weighted by atomic mass is 35.5. The molecule has 2 heterocycles. The topological polar surface area (TPSA) is 68.2 Å². The van der Waals surface area contributed by atoms with E-state index in [0.717, 1.165) is 40.8 Å². The number of carbonyl (C=O) groups is 1. The van der Waals surface area contributed by atoms with Crippen molar-refractivity contribution >= 4 is 23.2 Å². The molecule has 43 heavy (non-hydrogen) atoms. The molecule has 0 saturated carbocycles. The van der Waals surface area contributed by atoms with E-state index < -0.39 is 11.6 Å². The second-order valence-corrected chi connectivity index (χ2v) is 14.1. The Morgan fingerprint density at radius 3 is 2.14 bits per heavy atom. The second kappa shape index (κ2) is 11.5. The summed E-state index contributed by atoms with van der Waals surface area (Å²) in [6.45, 7) is 14.2. The van der Waals surface area contributed by atoms with Crippen LogP contribution in [0.2, 0.25) is 5.02 Å². The number of amides is 1. The quantitative estimate of drug-likeness (QED) is 0.295. The fourth-order valence-corrected chi connectivity index (χ4v) is 7.14. The maximum atomic E-state index is 13.9. The maximum Gasteiger partial charge on any atom is 0.232 e. The smallest absolute Gasteiger partial charge is 0.232 e. The van der Waals surface area contributed by atoms with Gasteiger partial charge in [-0.3, -0.25) is 4.79 Å². The standard InChI is InChI=1S/C36H44ClNO5/c1-22(2)42-31-19-29-24(17-30(31)41-8)18-32(39)38(33(29)23-9-13-27(37)14-10-23)28-15-11-25(12-16-28)36(7,40)26-20-34(3,4)43-35(5,6)21-26/h9-17,19,22,26,33,40H,18,20-21H2,1-8H3/t33?,36-/m1/s1. The number of rotatable bonds is 7. The average molecular weight is 606 g/mol. The van der Waals surface area contributed by atoms with Gasteiger partial charge in [-0.25, -0.2) is 0 Å². The first-order valence-corrected chi connectivity index (χ1v) is 15.5. The van der Waals surface area contributed by atoms with E-state index in [9.17, 15) is 9.90 Å². The lowest BCUT2D eigenvalue weighted by Crippen LogP contribution is -2.50. The minimum atomic E-state index is -1.06. The summed E-state index contributed by atoms with van der Waals surface area (Å²) in [7, 11) is 1.61. The zero-order valence-corrected chi connectivity index (χ0v) is 27.3. The fraction of sp³-hybridized carbons (Fsp3) is 0.472. The summed E-state index contributed by atoms with van der Waals surface area (Å²) in [6.07, 6.45) is 1.67. The Labute approximate surface area is 260 Å². The molecule has 7 heteroatoms. The van der Waals surface area contributed by atoms with Gasteiger partial charge in [-0.2, -0.15) is 0 Å². The minimum Gasteiger partial charge on any atom is -0.493 e. The molecule has 2 atom stereocenters. The lowest BCUT2D eigenvalue weighted by atomic mass is 9.70. The number of carbonyl (C=O) groups excluding carboxylic acids is 1. The van der Waals surface area contributed by atoms with E-state index >= 15 is 0 Å². The molecular formula is C36H44ClNO5. The Morgan fingerprint density at radius 2 is 1.58 bits per heavy atom. The molecule has 2 aliphatic rings. The first kappa shape index (κ1) is 31.4. The Morgan fingerprint density at radius 1 is 0.977 bits per heavy atom.